The van der Waals surface area contributed by atoms with Crippen molar-refractivity contribution in [2.24, 2.45) is 0 Å². The van der Waals surface area contributed by atoms with Crippen molar-refractivity contribution < 1.29 is 4.39 Å². The summed E-state index contributed by atoms with van der Waals surface area (Å²) in [6, 6.07) is 14.2. The lowest BCUT2D eigenvalue weighted by atomic mass is 10.1. The van der Waals surface area contributed by atoms with E-state index in [-0.39, 0.29) is 5.02 Å². The highest BCUT2D eigenvalue weighted by molar-refractivity contribution is 6.31. The van der Waals surface area contributed by atoms with Gasteiger partial charge in [-0.2, -0.15) is 4.98 Å². The summed E-state index contributed by atoms with van der Waals surface area (Å²) >= 11 is 6.06. The first-order valence-corrected chi connectivity index (χ1v) is 10.3. The minimum Gasteiger partial charge on any atom is -0.383 e. The van der Waals surface area contributed by atoms with Crippen LogP contribution in [0, 0.1) is 5.82 Å². The molecular weight excluding hydrogens is 403 g/mol. The Balaban J connectivity index is 1.76. The summed E-state index contributed by atoms with van der Waals surface area (Å²) in [6.07, 6.45) is 3.40. The summed E-state index contributed by atoms with van der Waals surface area (Å²) in [5.74, 6) is 0.558. The van der Waals surface area contributed by atoms with Crippen LogP contribution in [0.3, 0.4) is 0 Å². The third-order valence-electron chi connectivity index (χ3n) is 5.39. The molecule has 5 rings (SSSR count). The monoisotopic (exact) mass is 422 g/mol. The molecule has 8 heteroatoms. The van der Waals surface area contributed by atoms with Crippen molar-refractivity contribution in [2.75, 3.05) is 23.7 Å². The maximum Gasteiger partial charge on any atom is 0.228 e. The fraction of sp³-hybridized carbons (Fsp3) is 0.227. The van der Waals surface area contributed by atoms with E-state index in [2.05, 4.69) is 10.00 Å². The Kier molecular flexibility index (Phi) is 4.75. The topological polar surface area (TPSA) is 72.9 Å². The molecule has 0 unspecified atom stereocenters. The van der Waals surface area contributed by atoms with Gasteiger partial charge in [-0.05, 0) is 49.6 Å². The maximum absolute atomic E-state index is 13.8. The van der Waals surface area contributed by atoms with Crippen LogP contribution in [0.2, 0.25) is 5.02 Å². The molecule has 0 aliphatic carbocycles. The lowest BCUT2D eigenvalue weighted by Crippen LogP contribution is -2.31. The molecule has 1 aliphatic heterocycles. The van der Waals surface area contributed by atoms with Crippen molar-refractivity contribution in [3.63, 3.8) is 0 Å². The van der Waals surface area contributed by atoms with Crippen LogP contribution in [0.1, 0.15) is 19.3 Å². The average molecular weight is 423 g/mol. The number of fused-ring (bicyclic) bond motifs is 1. The molecule has 1 fully saturated rings. The minimum absolute atomic E-state index is 0.0350. The second-order valence-electron chi connectivity index (χ2n) is 7.38. The van der Waals surface area contributed by atoms with Crippen molar-refractivity contribution in [1.29, 1.82) is 0 Å². The summed E-state index contributed by atoms with van der Waals surface area (Å²) in [7, 11) is 0. The van der Waals surface area contributed by atoms with Gasteiger partial charge in [-0.1, -0.05) is 29.8 Å². The van der Waals surface area contributed by atoms with E-state index in [0.29, 0.717) is 34.1 Å². The third-order valence-corrected chi connectivity index (χ3v) is 5.68. The molecule has 30 heavy (non-hydrogen) atoms. The summed E-state index contributed by atoms with van der Waals surface area (Å²) < 4.78 is 15.4. The Bertz CT molecular complexity index is 1220. The van der Waals surface area contributed by atoms with Gasteiger partial charge in [-0.3, -0.25) is 0 Å². The number of halogens is 2. The smallest absolute Gasteiger partial charge is 0.228 e. The molecule has 6 nitrogen and oxygen atoms in total. The van der Waals surface area contributed by atoms with E-state index in [1.165, 1.54) is 12.5 Å². The normalized spacial score (nSPS) is 14.4. The van der Waals surface area contributed by atoms with E-state index < -0.39 is 5.82 Å². The second kappa shape index (κ2) is 7.57. The maximum atomic E-state index is 13.8. The van der Waals surface area contributed by atoms with Gasteiger partial charge in [0.2, 0.25) is 5.95 Å². The molecule has 1 saturated heterocycles. The quantitative estimate of drug-likeness (QED) is 0.511. The molecule has 0 bridgehead atoms. The number of aromatic nitrogens is 4. The molecule has 2 aromatic heterocycles. The van der Waals surface area contributed by atoms with Crippen LogP contribution in [-0.4, -0.2) is 32.8 Å². The van der Waals surface area contributed by atoms with Crippen LogP contribution < -0.4 is 10.6 Å². The number of para-hydroxylation sites is 1. The molecule has 0 spiro atoms. The van der Waals surface area contributed by atoms with Crippen molar-refractivity contribution in [2.45, 2.75) is 19.3 Å². The van der Waals surface area contributed by atoms with Crippen LogP contribution in [0.4, 0.5) is 16.2 Å². The Morgan fingerprint density at radius 1 is 0.967 bits per heavy atom. The molecule has 0 atom stereocenters. The SMILES string of the molecule is Nc1c2c(-c3ccc(F)c(Cl)c3)nc(N3CCCCC3)nc2nn1-c1ccccc1. The standard InChI is InChI=1S/C22H20ClFN6/c23-16-13-14(9-10-17(16)24)19-18-20(25)30(15-7-3-1-4-8-15)28-21(18)27-22(26-19)29-11-5-2-6-12-29/h1,3-4,7-10,13H,2,5-6,11-12,25H2. The highest BCUT2D eigenvalue weighted by Gasteiger charge is 2.22. The number of hydrogen-bond acceptors (Lipinski definition) is 5. The van der Waals surface area contributed by atoms with Gasteiger partial charge in [0.1, 0.15) is 11.6 Å². The van der Waals surface area contributed by atoms with E-state index in [1.807, 2.05) is 30.3 Å². The molecule has 1 aliphatic rings. The number of piperidine rings is 1. The Morgan fingerprint density at radius 3 is 2.47 bits per heavy atom. The van der Waals surface area contributed by atoms with Gasteiger partial charge >= 0.3 is 0 Å². The zero-order valence-corrected chi connectivity index (χ0v) is 17.0. The van der Waals surface area contributed by atoms with Crippen molar-refractivity contribution >= 4 is 34.4 Å². The van der Waals surface area contributed by atoms with Crippen LogP contribution in [0.5, 0.6) is 0 Å². The van der Waals surface area contributed by atoms with E-state index in [0.717, 1.165) is 31.6 Å². The fourth-order valence-corrected chi connectivity index (χ4v) is 4.03. The van der Waals surface area contributed by atoms with Crippen molar-refractivity contribution in [1.82, 2.24) is 19.7 Å². The number of rotatable bonds is 3. The van der Waals surface area contributed by atoms with Gasteiger partial charge in [-0.15, -0.1) is 5.10 Å². The molecular formula is C22H20ClFN6. The van der Waals surface area contributed by atoms with Gasteiger partial charge < -0.3 is 10.6 Å². The van der Waals surface area contributed by atoms with Crippen molar-refractivity contribution in [3.05, 3.63) is 59.4 Å². The number of anilines is 2. The van der Waals surface area contributed by atoms with Crippen LogP contribution in [-0.2, 0) is 0 Å². The molecule has 2 aromatic carbocycles. The predicted molar refractivity (Wildman–Crippen MR) is 118 cm³/mol. The molecule has 0 saturated carbocycles. The zero-order chi connectivity index (χ0) is 20.7. The van der Waals surface area contributed by atoms with Gasteiger partial charge in [-0.25, -0.2) is 14.1 Å². The third kappa shape index (κ3) is 3.25. The van der Waals surface area contributed by atoms with E-state index in [4.69, 9.17) is 27.3 Å². The van der Waals surface area contributed by atoms with E-state index in [9.17, 15) is 4.39 Å². The van der Waals surface area contributed by atoms with E-state index in [1.54, 1.807) is 16.8 Å². The number of nitrogens with two attached hydrogens (primary N) is 1. The summed E-state index contributed by atoms with van der Waals surface area (Å²) in [5, 5.41) is 5.33. The van der Waals surface area contributed by atoms with Crippen LogP contribution in [0.15, 0.2) is 48.5 Å². The molecule has 2 N–H and O–H groups in total. The first-order chi connectivity index (χ1) is 14.6. The molecule has 3 heterocycles. The zero-order valence-electron chi connectivity index (χ0n) is 16.2. The highest BCUT2D eigenvalue weighted by atomic mass is 35.5. The first kappa shape index (κ1) is 18.8. The highest BCUT2D eigenvalue weighted by Crippen LogP contribution is 2.35. The number of hydrogen-bond donors (Lipinski definition) is 1. The van der Waals surface area contributed by atoms with Crippen LogP contribution in [0.25, 0.3) is 28.0 Å². The lowest BCUT2D eigenvalue weighted by Gasteiger charge is -2.26. The summed E-state index contributed by atoms with van der Waals surface area (Å²) in [4.78, 5) is 11.7. The Morgan fingerprint density at radius 2 is 1.73 bits per heavy atom. The molecule has 0 radical (unpaired) electrons. The Labute approximate surface area is 178 Å². The van der Waals surface area contributed by atoms with Gasteiger partial charge in [0.15, 0.2) is 5.65 Å². The molecule has 0 amide bonds. The van der Waals surface area contributed by atoms with Gasteiger partial charge in [0, 0.05) is 18.7 Å². The summed E-state index contributed by atoms with van der Waals surface area (Å²) in [5.41, 5.74) is 9.11. The Hall–Kier alpha value is -3.19. The number of nitrogen functional groups attached to an aromatic ring is 1. The summed E-state index contributed by atoms with van der Waals surface area (Å²) in [6.45, 7) is 1.79. The van der Waals surface area contributed by atoms with Crippen molar-refractivity contribution in [3.8, 4) is 16.9 Å². The van der Waals surface area contributed by atoms with Gasteiger partial charge in [0.05, 0.1) is 21.8 Å². The minimum atomic E-state index is -0.477. The second-order valence-corrected chi connectivity index (χ2v) is 7.79. The van der Waals surface area contributed by atoms with Gasteiger partial charge in [0.25, 0.3) is 0 Å². The average Bonchev–Trinajstić information content (AvgIpc) is 3.13. The van der Waals surface area contributed by atoms with Crippen LogP contribution >= 0.6 is 11.6 Å². The molecule has 152 valence electrons. The predicted octanol–water partition coefficient (Wildman–Crippen LogP) is 4.85. The fourth-order valence-electron chi connectivity index (χ4n) is 3.85. The number of nitrogens with zero attached hydrogens (tertiary/aromatic N) is 5. The number of benzene rings is 2. The van der Waals surface area contributed by atoms with E-state index >= 15 is 0 Å². The first-order valence-electron chi connectivity index (χ1n) is 9.94. The largest absolute Gasteiger partial charge is 0.383 e. The lowest BCUT2D eigenvalue weighted by molar-refractivity contribution is 0.569. The molecule has 4 aromatic rings.